The molecule has 1 aliphatic heterocycles. The van der Waals surface area contributed by atoms with E-state index >= 15 is 0 Å². The van der Waals surface area contributed by atoms with Crippen molar-refractivity contribution in [3.8, 4) is 11.3 Å². The Bertz CT molecular complexity index is 1230. The van der Waals surface area contributed by atoms with E-state index in [1.54, 1.807) is 23.1 Å². The normalized spacial score (nSPS) is 17.3. The van der Waals surface area contributed by atoms with Crippen LogP contribution in [-0.4, -0.2) is 72.0 Å². The lowest BCUT2D eigenvalue weighted by Crippen LogP contribution is -2.48. The van der Waals surface area contributed by atoms with Gasteiger partial charge in [-0.05, 0) is 54.7 Å². The van der Waals surface area contributed by atoms with Crippen molar-refractivity contribution in [2.75, 3.05) is 39.4 Å². The average molecular weight is 547 g/mol. The van der Waals surface area contributed by atoms with Crippen LogP contribution in [0.1, 0.15) is 60.6 Å². The molecule has 0 bridgehead atoms. The van der Waals surface area contributed by atoms with Crippen LogP contribution in [0.2, 0.25) is 0 Å². The summed E-state index contributed by atoms with van der Waals surface area (Å²) in [4.78, 5) is 35.3. The van der Waals surface area contributed by atoms with Crippen molar-refractivity contribution in [1.29, 1.82) is 0 Å². The maximum atomic E-state index is 14.2. The standard InChI is InChI=1S/C32H39FN4O3/c33-26-14-12-25(13-15-26)30(31(38)34-27-10-5-2-6-11-27)37(19-7-18-36-20-22-40-23-21-36)32(39)29-17-16-28(35-29)24-8-3-1-4-9-24/h1,3-4,8-9,12-17,27,30,35H,2,5-7,10-11,18-23H2,(H,34,38)/t30-/m0/s1. The number of nitrogens with one attached hydrogen (secondary N) is 2. The van der Waals surface area contributed by atoms with Gasteiger partial charge in [-0.15, -0.1) is 0 Å². The van der Waals surface area contributed by atoms with Gasteiger partial charge in [-0.3, -0.25) is 14.5 Å². The minimum Gasteiger partial charge on any atom is -0.379 e. The second kappa shape index (κ2) is 13.7. The Labute approximate surface area is 235 Å². The molecule has 2 heterocycles. The van der Waals surface area contributed by atoms with Crippen molar-refractivity contribution >= 4 is 11.8 Å². The van der Waals surface area contributed by atoms with Crippen LogP contribution in [0.5, 0.6) is 0 Å². The van der Waals surface area contributed by atoms with Gasteiger partial charge in [0.25, 0.3) is 5.91 Å². The number of nitrogens with zero attached hydrogens (tertiary/aromatic N) is 2. The molecule has 40 heavy (non-hydrogen) atoms. The Morgan fingerprint density at radius 1 is 0.975 bits per heavy atom. The molecule has 1 aromatic heterocycles. The van der Waals surface area contributed by atoms with Crippen molar-refractivity contribution in [3.05, 3.63) is 83.8 Å². The number of halogens is 1. The second-order valence-corrected chi connectivity index (χ2v) is 10.8. The first kappa shape index (κ1) is 28.1. The van der Waals surface area contributed by atoms with Gasteiger partial charge in [-0.25, -0.2) is 4.39 Å². The number of aromatic nitrogens is 1. The number of amides is 2. The lowest BCUT2D eigenvalue weighted by Gasteiger charge is -2.34. The van der Waals surface area contributed by atoms with Gasteiger partial charge in [0.05, 0.1) is 13.2 Å². The minimum absolute atomic E-state index is 0.0877. The van der Waals surface area contributed by atoms with Crippen molar-refractivity contribution in [1.82, 2.24) is 20.1 Å². The SMILES string of the molecule is O=C(NC1CCCCC1)[C@H](c1ccc(F)cc1)N(CCCN1CCOCC1)C(=O)c1ccc(-c2ccccc2)[nH]1. The van der Waals surface area contributed by atoms with E-state index in [1.807, 2.05) is 36.4 Å². The first-order valence-corrected chi connectivity index (χ1v) is 14.5. The molecule has 0 radical (unpaired) electrons. The van der Waals surface area contributed by atoms with Gasteiger partial charge in [-0.1, -0.05) is 61.7 Å². The van der Waals surface area contributed by atoms with Gasteiger partial charge >= 0.3 is 0 Å². The molecule has 5 rings (SSSR count). The number of benzene rings is 2. The molecule has 1 saturated carbocycles. The summed E-state index contributed by atoms with van der Waals surface area (Å²) < 4.78 is 19.4. The molecule has 7 nitrogen and oxygen atoms in total. The minimum atomic E-state index is -0.872. The molecule has 2 aliphatic rings. The lowest BCUT2D eigenvalue weighted by atomic mass is 9.94. The molecule has 212 valence electrons. The summed E-state index contributed by atoms with van der Waals surface area (Å²) in [6.07, 6.45) is 5.91. The van der Waals surface area contributed by atoms with E-state index in [1.165, 1.54) is 18.6 Å². The quantitative estimate of drug-likeness (QED) is 0.368. The molecule has 1 saturated heterocycles. The molecule has 2 aromatic carbocycles. The Hall–Kier alpha value is -3.49. The third-order valence-electron chi connectivity index (χ3n) is 7.94. The predicted molar refractivity (Wildman–Crippen MR) is 153 cm³/mol. The molecule has 2 fully saturated rings. The fourth-order valence-corrected chi connectivity index (χ4v) is 5.74. The van der Waals surface area contributed by atoms with Crippen LogP contribution in [0.3, 0.4) is 0 Å². The van der Waals surface area contributed by atoms with Crippen molar-refractivity contribution < 1.29 is 18.7 Å². The van der Waals surface area contributed by atoms with Crippen LogP contribution < -0.4 is 5.32 Å². The van der Waals surface area contributed by atoms with Crippen LogP contribution in [0.15, 0.2) is 66.7 Å². The number of morpholine rings is 1. The zero-order chi connectivity index (χ0) is 27.7. The number of carbonyl (C=O) groups excluding carboxylic acids is 2. The van der Waals surface area contributed by atoms with E-state index in [9.17, 15) is 14.0 Å². The summed E-state index contributed by atoms with van der Waals surface area (Å²) in [5.74, 6) is -0.845. The molecule has 2 amide bonds. The summed E-state index contributed by atoms with van der Waals surface area (Å²) in [6, 6.07) is 18.7. The second-order valence-electron chi connectivity index (χ2n) is 10.8. The Kier molecular flexibility index (Phi) is 9.63. The Morgan fingerprint density at radius 3 is 2.42 bits per heavy atom. The van der Waals surface area contributed by atoms with Gasteiger partial charge in [-0.2, -0.15) is 0 Å². The number of hydrogen-bond acceptors (Lipinski definition) is 4. The van der Waals surface area contributed by atoms with Gasteiger partial charge in [0.1, 0.15) is 17.6 Å². The van der Waals surface area contributed by atoms with Crippen molar-refractivity contribution in [2.24, 2.45) is 0 Å². The molecule has 0 spiro atoms. The summed E-state index contributed by atoms with van der Waals surface area (Å²) in [6.45, 7) is 4.30. The lowest BCUT2D eigenvalue weighted by molar-refractivity contribution is -0.127. The van der Waals surface area contributed by atoms with E-state index in [0.29, 0.717) is 37.4 Å². The molecule has 0 unspecified atom stereocenters. The largest absolute Gasteiger partial charge is 0.379 e. The highest BCUT2D eigenvalue weighted by Crippen LogP contribution is 2.27. The van der Waals surface area contributed by atoms with Gasteiger partial charge in [0.15, 0.2) is 0 Å². The maximum Gasteiger partial charge on any atom is 0.271 e. The van der Waals surface area contributed by atoms with E-state index < -0.39 is 6.04 Å². The predicted octanol–water partition coefficient (Wildman–Crippen LogP) is 5.18. The number of H-pyrrole nitrogens is 1. The molecule has 8 heteroatoms. The third-order valence-corrected chi connectivity index (χ3v) is 7.94. The smallest absolute Gasteiger partial charge is 0.271 e. The number of ether oxygens (including phenoxy) is 1. The highest BCUT2D eigenvalue weighted by atomic mass is 19.1. The topological polar surface area (TPSA) is 77.7 Å². The maximum absolute atomic E-state index is 14.2. The number of hydrogen-bond donors (Lipinski definition) is 2. The third kappa shape index (κ3) is 7.17. The van der Waals surface area contributed by atoms with E-state index in [-0.39, 0.29) is 23.7 Å². The van der Waals surface area contributed by atoms with Gasteiger partial charge < -0.3 is 19.9 Å². The molecular weight excluding hydrogens is 507 g/mol. The fraction of sp³-hybridized carbons (Fsp3) is 0.438. The van der Waals surface area contributed by atoms with Crippen LogP contribution in [-0.2, 0) is 9.53 Å². The van der Waals surface area contributed by atoms with E-state index in [4.69, 9.17) is 4.74 Å². The van der Waals surface area contributed by atoms with Crippen molar-refractivity contribution in [2.45, 2.75) is 50.6 Å². The number of carbonyl (C=O) groups is 2. The monoisotopic (exact) mass is 546 g/mol. The zero-order valence-corrected chi connectivity index (χ0v) is 23.0. The first-order chi connectivity index (χ1) is 19.6. The average Bonchev–Trinajstić information content (AvgIpc) is 3.49. The molecule has 2 N–H and O–H groups in total. The van der Waals surface area contributed by atoms with E-state index in [2.05, 4.69) is 15.2 Å². The van der Waals surface area contributed by atoms with Crippen molar-refractivity contribution in [3.63, 3.8) is 0 Å². The summed E-state index contributed by atoms with van der Waals surface area (Å²) in [5.41, 5.74) is 2.83. The summed E-state index contributed by atoms with van der Waals surface area (Å²) in [5, 5.41) is 3.23. The van der Waals surface area contributed by atoms with Gasteiger partial charge in [0.2, 0.25) is 5.91 Å². The first-order valence-electron chi connectivity index (χ1n) is 14.5. The van der Waals surface area contributed by atoms with Crippen LogP contribution in [0.4, 0.5) is 4.39 Å². The Balaban J connectivity index is 1.43. The zero-order valence-electron chi connectivity index (χ0n) is 23.0. The molecule has 3 aromatic rings. The number of aromatic amines is 1. The van der Waals surface area contributed by atoms with Crippen LogP contribution >= 0.6 is 0 Å². The highest BCUT2D eigenvalue weighted by molar-refractivity contribution is 5.97. The van der Waals surface area contributed by atoms with Gasteiger partial charge in [0, 0.05) is 37.9 Å². The molecule has 1 atom stereocenters. The summed E-state index contributed by atoms with van der Waals surface area (Å²) >= 11 is 0. The summed E-state index contributed by atoms with van der Waals surface area (Å²) in [7, 11) is 0. The van der Waals surface area contributed by atoms with E-state index in [0.717, 1.165) is 56.6 Å². The van der Waals surface area contributed by atoms with Crippen LogP contribution in [0, 0.1) is 5.82 Å². The molecule has 1 aliphatic carbocycles. The van der Waals surface area contributed by atoms with Crippen LogP contribution in [0.25, 0.3) is 11.3 Å². The molecular formula is C32H39FN4O3. The fourth-order valence-electron chi connectivity index (χ4n) is 5.74. The Morgan fingerprint density at radius 2 is 1.70 bits per heavy atom. The highest BCUT2D eigenvalue weighted by Gasteiger charge is 2.34. The number of rotatable bonds is 10.